The molecule has 0 spiro atoms. The fourth-order valence-electron chi connectivity index (χ4n) is 2.85. The van der Waals surface area contributed by atoms with Gasteiger partial charge in [-0.15, -0.1) is 23.1 Å². The van der Waals surface area contributed by atoms with Crippen LogP contribution in [0.15, 0.2) is 71.6 Å². The van der Waals surface area contributed by atoms with Gasteiger partial charge in [0.1, 0.15) is 10.8 Å². The Morgan fingerprint density at radius 2 is 1.89 bits per heavy atom. The van der Waals surface area contributed by atoms with Gasteiger partial charge in [-0.3, -0.25) is 4.79 Å². The molecule has 0 unspecified atom stereocenters. The summed E-state index contributed by atoms with van der Waals surface area (Å²) in [7, 11) is 0. The summed E-state index contributed by atoms with van der Waals surface area (Å²) in [5, 5.41) is 14.0. The van der Waals surface area contributed by atoms with Gasteiger partial charge in [-0.1, -0.05) is 19.1 Å². The normalized spacial score (nSPS) is 10.9. The summed E-state index contributed by atoms with van der Waals surface area (Å²) in [4.78, 5) is 18.2. The Hall–Kier alpha value is -2.83. The molecule has 28 heavy (non-hydrogen) atoms. The van der Waals surface area contributed by atoms with Crippen molar-refractivity contribution in [2.24, 2.45) is 0 Å². The van der Waals surface area contributed by atoms with Crippen molar-refractivity contribution >= 4 is 44.9 Å². The van der Waals surface area contributed by atoms with E-state index in [0.29, 0.717) is 16.8 Å². The third kappa shape index (κ3) is 3.88. The number of carbonyl (C=O) groups excluding carboxylic acids is 1. The highest BCUT2D eigenvalue weighted by Crippen LogP contribution is 2.36. The van der Waals surface area contributed by atoms with E-state index in [2.05, 4.69) is 17.2 Å². The average molecular weight is 407 g/mol. The van der Waals surface area contributed by atoms with Gasteiger partial charge in [0, 0.05) is 22.2 Å². The number of phenolic OH excluding ortho intramolecular Hbond substituents is 1. The summed E-state index contributed by atoms with van der Waals surface area (Å²) in [6, 6.07) is 20.5. The minimum atomic E-state index is -0.208. The number of carbonyl (C=O) groups is 1. The number of nitrogens with zero attached hydrogens (tertiary/aromatic N) is 1. The van der Waals surface area contributed by atoms with Crippen molar-refractivity contribution in [1.29, 1.82) is 0 Å². The number of hydrogen-bond acceptors (Lipinski definition) is 5. The summed E-state index contributed by atoms with van der Waals surface area (Å²) in [6.07, 6.45) is 0. The van der Waals surface area contributed by atoms with Crippen molar-refractivity contribution in [3.8, 4) is 16.3 Å². The largest absolute Gasteiger partial charge is 0.507 e. The highest BCUT2D eigenvalue weighted by molar-refractivity contribution is 7.99. The number of para-hydroxylation sites is 1. The zero-order chi connectivity index (χ0) is 19.5. The maximum Gasteiger partial charge on any atom is 0.255 e. The Bertz CT molecular complexity index is 1100. The molecule has 0 bridgehead atoms. The molecular weight excluding hydrogens is 388 g/mol. The molecule has 4 aromatic rings. The quantitative estimate of drug-likeness (QED) is 0.397. The van der Waals surface area contributed by atoms with Gasteiger partial charge in [-0.05, 0) is 54.3 Å². The van der Waals surface area contributed by atoms with Crippen LogP contribution in [0.5, 0.6) is 5.75 Å². The molecule has 0 saturated carbocycles. The van der Waals surface area contributed by atoms with Crippen LogP contribution in [0.3, 0.4) is 0 Å². The second-order valence-corrected chi connectivity index (χ2v) is 8.50. The lowest BCUT2D eigenvalue weighted by atomic mass is 10.1. The molecule has 4 nitrogen and oxygen atoms in total. The standard InChI is InChI=1S/C22H18N2O2S2/c1-2-27-16-10-7-14(8-11-16)21(26)23-15-9-12-17(19(25)13-15)22-24-18-5-3-4-6-20(18)28-22/h3-13,25H,2H2,1H3,(H,23,26). The fraction of sp³-hybridized carbons (Fsp3) is 0.0909. The molecule has 1 aromatic heterocycles. The van der Waals surface area contributed by atoms with Crippen molar-refractivity contribution in [3.05, 3.63) is 72.3 Å². The van der Waals surface area contributed by atoms with Gasteiger partial charge in [0.05, 0.1) is 15.8 Å². The molecule has 0 aliphatic carbocycles. The van der Waals surface area contributed by atoms with E-state index in [-0.39, 0.29) is 11.7 Å². The maximum absolute atomic E-state index is 12.5. The van der Waals surface area contributed by atoms with Gasteiger partial charge in [-0.2, -0.15) is 0 Å². The van der Waals surface area contributed by atoms with Gasteiger partial charge in [0.15, 0.2) is 0 Å². The number of hydrogen-bond donors (Lipinski definition) is 2. The zero-order valence-electron chi connectivity index (χ0n) is 15.2. The Labute approximate surface area is 171 Å². The molecule has 0 radical (unpaired) electrons. The van der Waals surface area contributed by atoms with Crippen LogP contribution < -0.4 is 5.32 Å². The van der Waals surface area contributed by atoms with E-state index in [4.69, 9.17) is 0 Å². The van der Waals surface area contributed by atoms with E-state index in [1.54, 1.807) is 30.0 Å². The van der Waals surface area contributed by atoms with Gasteiger partial charge in [-0.25, -0.2) is 4.98 Å². The predicted octanol–water partition coefficient (Wildman–Crippen LogP) is 6.03. The Morgan fingerprint density at radius 1 is 1.11 bits per heavy atom. The Morgan fingerprint density at radius 3 is 2.61 bits per heavy atom. The number of benzene rings is 3. The molecule has 0 saturated heterocycles. The second kappa shape index (κ2) is 8.04. The molecule has 1 amide bonds. The number of amides is 1. The molecule has 0 fully saturated rings. The minimum Gasteiger partial charge on any atom is -0.507 e. The summed E-state index contributed by atoms with van der Waals surface area (Å²) in [6.45, 7) is 2.09. The van der Waals surface area contributed by atoms with Crippen LogP contribution in [0.1, 0.15) is 17.3 Å². The van der Waals surface area contributed by atoms with E-state index in [1.165, 1.54) is 11.3 Å². The van der Waals surface area contributed by atoms with Crippen LogP contribution in [0.25, 0.3) is 20.8 Å². The number of thiazole rings is 1. The molecule has 1 heterocycles. The van der Waals surface area contributed by atoms with E-state index >= 15 is 0 Å². The van der Waals surface area contributed by atoms with Crippen molar-refractivity contribution in [2.45, 2.75) is 11.8 Å². The number of rotatable bonds is 5. The summed E-state index contributed by atoms with van der Waals surface area (Å²) in [5.74, 6) is 0.873. The number of anilines is 1. The molecule has 3 aromatic carbocycles. The van der Waals surface area contributed by atoms with Crippen LogP contribution in [-0.2, 0) is 0 Å². The Kier molecular flexibility index (Phi) is 5.32. The molecule has 4 rings (SSSR count). The second-order valence-electron chi connectivity index (χ2n) is 6.13. The van der Waals surface area contributed by atoms with Crippen LogP contribution >= 0.6 is 23.1 Å². The number of fused-ring (bicyclic) bond motifs is 1. The van der Waals surface area contributed by atoms with Crippen molar-refractivity contribution in [2.75, 3.05) is 11.1 Å². The summed E-state index contributed by atoms with van der Waals surface area (Å²) < 4.78 is 1.07. The van der Waals surface area contributed by atoms with E-state index in [9.17, 15) is 9.90 Å². The van der Waals surface area contributed by atoms with Crippen molar-refractivity contribution < 1.29 is 9.90 Å². The van der Waals surface area contributed by atoms with Crippen molar-refractivity contribution in [1.82, 2.24) is 4.98 Å². The number of nitrogens with one attached hydrogen (secondary N) is 1. The van der Waals surface area contributed by atoms with Gasteiger partial charge in [0.25, 0.3) is 5.91 Å². The SMILES string of the molecule is CCSc1ccc(C(=O)Nc2ccc(-c3nc4ccccc4s3)c(O)c2)cc1. The van der Waals surface area contributed by atoms with Crippen molar-refractivity contribution in [3.63, 3.8) is 0 Å². The van der Waals surface area contributed by atoms with E-state index in [1.807, 2.05) is 48.5 Å². The number of aromatic nitrogens is 1. The molecule has 0 aliphatic heterocycles. The molecule has 6 heteroatoms. The number of aromatic hydroxyl groups is 1. The molecule has 0 aliphatic rings. The minimum absolute atomic E-state index is 0.0894. The third-order valence-corrected chi connectivity index (χ3v) is 6.17. The van der Waals surface area contributed by atoms with Gasteiger partial charge in [0.2, 0.25) is 0 Å². The first-order valence-corrected chi connectivity index (χ1v) is 10.7. The smallest absolute Gasteiger partial charge is 0.255 e. The topological polar surface area (TPSA) is 62.2 Å². The third-order valence-electron chi connectivity index (χ3n) is 4.21. The summed E-state index contributed by atoms with van der Waals surface area (Å²) >= 11 is 3.26. The molecule has 2 N–H and O–H groups in total. The number of thioether (sulfide) groups is 1. The lowest BCUT2D eigenvalue weighted by Crippen LogP contribution is -2.11. The van der Waals surface area contributed by atoms with Gasteiger partial charge >= 0.3 is 0 Å². The lowest BCUT2D eigenvalue weighted by Gasteiger charge is -2.08. The number of phenols is 1. The molecule has 0 atom stereocenters. The van der Waals surface area contributed by atoms with E-state index in [0.717, 1.165) is 25.9 Å². The van der Waals surface area contributed by atoms with E-state index < -0.39 is 0 Å². The van der Waals surface area contributed by atoms with Crippen LogP contribution in [-0.4, -0.2) is 21.8 Å². The monoisotopic (exact) mass is 406 g/mol. The first-order chi connectivity index (χ1) is 13.6. The van der Waals surface area contributed by atoms with Crippen LogP contribution in [0, 0.1) is 0 Å². The fourth-order valence-corrected chi connectivity index (χ4v) is 4.51. The highest BCUT2D eigenvalue weighted by Gasteiger charge is 2.12. The zero-order valence-corrected chi connectivity index (χ0v) is 16.8. The maximum atomic E-state index is 12.5. The van der Waals surface area contributed by atoms with Crippen LogP contribution in [0.2, 0.25) is 0 Å². The lowest BCUT2D eigenvalue weighted by molar-refractivity contribution is 0.102. The average Bonchev–Trinajstić information content (AvgIpc) is 3.12. The molecular formula is C22H18N2O2S2. The van der Waals surface area contributed by atoms with Gasteiger partial charge < -0.3 is 10.4 Å². The van der Waals surface area contributed by atoms with Crippen LogP contribution in [0.4, 0.5) is 5.69 Å². The molecule has 140 valence electrons. The first kappa shape index (κ1) is 18.5. The predicted molar refractivity (Wildman–Crippen MR) is 118 cm³/mol. The first-order valence-electron chi connectivity index (χ1n) is 8.87. The highest BCUT2D eigenvalue weighted by atomic mass is 32.2. The Balaban J connectivity index is 1.53. The summed E-state index contributed by atoms with van der Waals surface area (Å²) in [5.41, 5.74) is 2.68.